The molecule has 0 unspecified atom stereocenters. The van der Waals surface area contributed by atoms with Gasteiger partial charge in [0.05, 0.1) is 11.6 Å². The van der Waals surface area contributed by atoms with Gasteiger partial charge in [-0.15, -0.1) is 0 Å². The Labute approximate surface area is 146 Å². The molecule has 1 aromatic carbocycles. The van der Waals surface area contributed by atoms with Crippen LogP contribution in [0.3, 0.4) is 0 Å². The topological polar surface area (TPSA) is 98.6 Å². The summed E-state index contributed by atoms with van der Waals surface area (Å²) in [4.78, 5) is 26.3. The molecule has 25 heavy (non-hydrogen) atoms. The molecule has 0 aromatic heterocycles. The van der Waals surface area contributed by atoms with Gasteiger partial charge in [-0.25, -0.2) is 12.7 Å². The summed E-state index contributed by atoms with van der Waals surface area (Å²) in [5.41, 5.74) is -0.847. The van der Waals surface area contributed by atoms with E-state index in [1.54, 1.807) is 6.07 Å². The molecule has 132 valence electrons. The number of amides is 2. The Kier molecular flexibility index (Phi) is 4.29. The Morgan fingerprint density at radius 3 is 2.52 bits per heavy atom. The van der Waals surface area contributed by atoms with Gasteiger partial charge >= 0.3 is 0 Å². The molecule has 2 aliphatic rings. The van der Waals surface area contributed by atoms with E-state index in [1.807, 2.05) is 0 Å². The quantitative estimate of drug-likeness (QED) is 0.813. The van der Waals surface area contributed by atoms with Gasteiger partial charge in [-0.3, -0.25) is 9.59 Å². The molecule has 8 heteroatoms. The highest BCUT2D eigenvalue weighted by molar-refractivity contribution is 7.90. The Morgan fingerprint density at radius 1 is 1.28 bits per heavy atom. The highest BCUT2D eigenvalue weighted by Gasteiger charge is 2.44. The van der Waals surface area contributed by atoms with Crippen molar-refractivity contribution in [2.75, 3.05) is 13.6 Å². The Bertz CT molecular complexity index is 866. The number of rotatable bonds is 3. The summed E-state index contributed by atoms with van der Waals surface area (Å²) in [5.74, 6) is -1.25. The van der Waals surface area contributed by atoms with E-state index in [2.05, 4.69) is 6.07 Å². The lowest BCUT2D eigenvalue weighted by molar-refractivity contribution is -0.134. The third-order valence-corrected chi connectivity index (χ3v) is 6.88. The van der Waals surface area contributed by atoms with Crippen molar-refractivity contribution < 1.29 is 18.0 Å². The number of carbonyl (C=O) groups is 2. The molecule has 7 nitrogen and oxygen atoms in total. The summed E-state index contributed by atoms with van der Waals surface area (Å²) >= 11 is 0. The Hall–Kier alpha value is -2.40. The summed E-state index contributed by atoms with van der Waals surface area (Å²) in [6.45, 7) is -0.588. The minimum absolute atomic E-state index is 0.0746. The van der Waals surface area contributed by atoms with Crippen molar-refractivity contribution in [2.24, 2.45) is 0 Å². The van der Waals surface area contributed by atoms with Gasteiger partial charge in [0.1, 0.15) is 17.0 Å². The highest BCUT2D eigenvalue weighted by Crippen LogP contribution is 2.34. The fraction of sp³-hybridized carbons (Fsp3) is 0.471. The zero-order valence-corrected chi connectivity index (χ0v) is 14.8. The normalized spacial score (nSPS) is 20.6. The molecular formula is C17H19N3O4S. The molecule has 0 N–H and O–H groups in total. The first-order valence-corrected chi connectivity index (χ1v) is 9.61. The molecule has 0 atom stereocenters. The SMILES string of the molecule is CN(C(=O)CN1C(=O)c2ccccc2S1(=O)=O)C1(C#N)CCCCC1. The third-order valence-electron chi connectivity index (χ3n) is 5.10. The minimum atomic E-state index is -4.03. The van der Waals surface area contributed by atoms with E-state index >= 15 is 0 Å². The lowest BCUT2D eigenvalue weighted by Gasteiger charge is -2.39. The first-order chi connectivity index (χ1) is 11.8. The van der Waals surface area contributed by atoms with E-state index in [4.69, 9.17) is 0 Å². The van der Waals surface area contributed by atoms with Gasteiger partial charge in [0.25, 0.3) is 15.9 Å². The second kappa shape index (κ2) is 6.15. The van der Waals surface area contributed by atoms with Crippen LogP contribution in [-0.2, 0) is 14.8 Å². The second-order valence-corrected chi connectivity index (χ2v) is 8.30. The van der Waals surface area contributed by atoms with E-state index in [1.165, 1.54) is 30.1 Å². The number of carbonyl (C=O) groups excluding carboxylic acids is 2. The molecule has 0 saturated heterocycles. The number of nitrogens with zero attached hydrogens (tertiary/aromatic N) is 3. The van der Waals surface area contributed by atoms with Crippen LogP contribution in [0.15, 0.2) is 29.2 Å². The Morgan fingerprint density at radius 2 is 1.92 bits per heavy atom. The number of fused-ring (bicyclic) bond motifs is 1. The van der Waals surface area contributed by atoms with Gasteiger partial charge in [-0.2, -0.15) is 5.26 Å². The number of sulfonamides is 1. The van der Waals surface area contributed by atoms with Crippen LogP contribution < -0.4 is 0 Å². The molecule has 1 aliphatic carbocycles. The number of likely N-dealkylation sites (N-methyl/N-ethyl adjacent to an activating group) is 1. The van der Waals surface area contributed by atoms with Crippen LogP contribution in [0.5, 0.6) is 0 Å². The molecule has 3 rings (SSSR count). The zero-order valence-electron chi connectivity index (χ0n) is 13.9. The lowest BCUT2D eigenvalue weighted by Crippen LogP contribution is -2.53. The lowest BCUT2D eigenvalue weighted by atomic mass is 9.81. The maximum Gasteiger partial charge on any atom is 0.269 e. The summed E-state index contributed by atoms with van der Waals surface area (Å²) in [6.07, 6.45) is 3.83. The molecule has 1 fully saturated rings. The van der Waals surface area contributed by atoms with E-state index < -0.39 is 33.9 Å². The van der Waals surface area contributed by atoms with Gasteiger partial charge in [-0.05, 0) is 25.0 Å². The smallest absolute Gasteiger partial charge is 0.269 e. The van der Waals surface area contributed by atoms with Crippen molar-refractivity contribution in [1.82, 2.24) is 9.21 Å². The molecule has 1 aliphatic heterocycles. The number of nitriles is 1. The molecule has 1 heterocycles. The second-order valence-electron chi connectivity index (χ2n) is 6.47. The van der Waals surface area contributed by atoms with Crippen LogP contribution in [0, 0.1) is 11.3 Å². The fourth-order valence-corrected chi connectivity index (χ4v) is 5.03. The van der Waals surface area contributed by atoms with Crippen molar-refractivity contribution in [3.05, 3.63) is 29.8 Å². The summed E-state index contributed by atoms with van der Waals surface area (Å²) in [5, 5.41) is 9.58. The molecule has 1 aromatic rings. The molecule has 0 bridgehead atoms. The van der Waals surface area contributed by atoms with Crippen LogP contribution in [0.4, 0.5) is 0 Å². The van der Waals surface area contributed by atoms with E-state index in [9.17, 15) is 23.3 Å². The summed E-state index contributed by atoms with van der Waals surface area (Å²) in [7, 11) is -2.52. The van der Waals surface area contributed by atoms with Crippen molar-refractivity contribution >= 4 is 21.8 Å². The molecular weight excluding hydrogens is 342 g/mol. The van der Waals surface area contributed by atoms with Crippen molar-refractivity contribution in [2.45, 2.75) is 42.5 Å². The first kappa shape index (κ1) is 17.4. The number of hydrogen-bond donors (Lipinski definition) is 0. The van der Waals surface area contributed by atoms with E-state index in [0.29, 0.717) is 17.1 Å². The van der Waals surface area contributed by atoms with Crippen molar-refractivity contribution in [1.29, 1.82) is 5.26 Å². The Balaban J connectivity index is 1.84. The molecule has 2 amide bonds. The van der Waals surface area contributed by atoms with Gasteiger partial charge < -0.3 is 4.90 Å². The predicted octanol–water partition coefficient (Wildman–Crippen LogP) is 1.52. The van der Waals surface area contributed by atoms with Crippen molar-refractivity contribution in [3.8, 4) is 6.07 Å². The predicted molar refractivity (Wildman–Crippen MR) is 88.9 cm³/mol. The monoisotopic (exact) mass is 361 g/mol. The average molecular weight is 361 g/mol. The standard InChI is InChI=1S/C17H19N3O4S/c1-19(17(12-18)9-5-2-6-10-17)15(21)11-20-16(22)13-7-3-4-8-14(13)25(20,23)24/h3-4,7-8H,2,5-6,9-11H2,1H3. The summed E-state index contributed by atoms with van der Waals surface area (Å²) in [6, 6.07) is 8.13. The van der Waals surface area contributed by atoms with Crippen LogP contribution in [0.2, 0.25) is 0 Å². The number of hydrogen-bond acceptors (Lipinski definition) is 5. The van der Waals surface area contributed by atoms with Crippen molar-refractivity contribution in [3.63, 3.8) is 0 Å². The van der Waals surface area contributed by atoms with Gasteiger partial charge in [0, 0.05) is 7.05 Å². The first-order valence-electron chi connectivity index (χ1n) is 8.17. The van der Waals surface area contributed by atoms with Crippen LogP contribution in [-0.4, -0.2) is 48.6 Å². The zero-order chi connectivity index (χ0) is 18.2. The molecule has 0 spiro atoms. The third kappa shape index (κ3) is 2.68. The molecule has 1 saturated carbocycles. The van der Waals surface area contributed by atoms with Gasteiger partial charge in [0.15, 0.2) is 0 Å². The van der Waals surface area contributed by atoms with Crippen LogP contribution >= 0.6 is 0 Å². The summed E-state index contributed by atoms with van der Waals surface area (Å²) < 4.78 is 25.7. The van der Waals surface area contributed by atoms with Gasteiger partial charge in [-0.1, -0.05) is 31.4 Å². The fourth-order valence-electron chi connectivity index (χ4n) is 3.51. The maximum atomic E-state index is 12.7. The highest BCUT2D eigenvalue weighted by atomic mass is 32.2. The largest absolute Gasteiger partial charge is 0.325 e. The van der Waals surface area contributed by atoms with Crippen LogP contribution in [0.25, 0.3) is 0 Å². The van der Waals surface area contributed by atoms with Crippen LogP contribution in [0.1, 0.15) is 42.5 Å². The van der Waals surface area contributed by atoms with Gasteiger partial charge in [0.2, 0.25) is 5.91 Å². The average Bonchev–Trinajstić information content (AvgIpc) is 2.82. The molecule has 0 radical (unpaired) electrons. The maximum absolute atomic E-state index is 12.7. The minimum Gasteiger partial charge on any atom is -0.325 e. The number of benzene rings is 1. The van der Waals surface area contributed by atoms with E-state index in [-0.39, 0.29) is 10.5 Å². The van der Waals surface area contributed by atoms with E-state index in [0.717, 1.165) is 19.3 Å².